The summed E-state index contributed by atoms with van der Waals surface area (Å²) >= 11 is 4.73. The summed E-state index contributed by atoms with van der Waals surface area (Å²) in [5, 5.41) is 0. The van der Waals surface area contributed by atoms with Crippen LogP contribution >= 0.6 is 43.6 Å². The Kier molecular flexibility index (Phi) is 6.78. The third kappa shape index (κ3) is 5.08. The molecule has 0 aromatic rings. The molecule has 0 rings (SSSR count). The van der Waals surface area contributed by atoms with E-state index in [2.05, 4.69) is 0 Å². The van der Waals surface area contributed by atoms with Crippen molar-refractivity contribution >= 4 is 48.0 Å². The molecule has 0 aromatic carbocycles. The van der Waals surface area contributed by atoms with Crippen LogP contribution < -0.4 is 0 Å². The maximum Gasteiger partial charge on any atom is 0.231 e. The van der Waals surface area contributed by atoms with Gasteiger partial charge in [-0.25, -0.2) is 0 Å². The lowest BCUT2D eigenvalue weighted by Crippen LogP contribution is -1.84. The van der Waals surface area contributed by atoms with E-state index in [9.17, 15) is 0 Å². The van der Waals surface area contributed by atoms with Gasteiger partial charge >= 0.3 is 0 Å². The summed E-state index contributed by atoms with van der Waals surface area (Å²) in [6.45, 7) is 0. The molecule has 0 saturated heterocycles. The molecule has 0 aliphatic carbocycles. The standard InChI is InChI=1S/C3H6OS4/c1-4-3(5)7-8-6-2/h1-2H3. The maximum atomic E-state index is 4.73. The van der Waals surface area contributed by atoms with E-state index in [4.69, 9.17) is 17.0 Å². The molecule has 0 amide bonds. The zero-order chi connectivity index (χ0) is 6.41. The van der Waals surface area contributed by atoms with Crippen molar-refractivity contribution in [3.8, 4) is 0 Å². The molecule has 0 radical (unpaired) electrons. The largest absolute Gasteiger partial charge is 0.481 e. The third-order valence-electron chi connectivity index (χ3n) is 0.337. The van der Waals surface area contributed by atoms with E-state index in [0.717, 1.165) is 0 Å². The van der Waals surface area contributed by atoms with Crippen LogP contribution in [0.2, 0.25) is 0 Å². The zero-order valence-electron chi connectivity index (χ0n) is 4.54. The van der Waals surface area contributed by atoms with E-state index in [0.29, 0.717) is 4.38 Å². The Hall–Kier alpha value is 0.940. The Labute approximate surface area is 66.1 Å². The van der Waals surface area contributed by atoms with Gasteiger partial charge in [0.05, 0.1) is 7.11 Å². The highest BCUT2D eigenvalue weighted by Crippen LogP contribution is 2.33. The molecule has 0 bridgehead atoms. The van der Waals surface area contributed by atoms with Gasteiger partial charge in [-0.3, -0.25) is 0 Å². The van der Waals surface area contributed by atoms with Gasteiger partial charge in [0.2, 0.25) is 4.38 Å². The van der Waals surface area contributed by atoms with Crippen molar-refractivity contribution in [1.82, 2.24) is 0 Å². The SMILES string of the molecule is COC(=S)SSSC. The molecule has 5 heteroatoms. The van der Waals surface area contributed by atoms with Crippen LogP contribution in [0, 0.1) is 0 Å². The van der Waals surface area contributed by atoms with Crippen LogP contribution in [0.1, 0.15) is 0 Å². The molecule has 0 fully saturated rings. The van der Waals surface area contributed by atoms with Crippen LogP contribution in [-0.4, -0.2) is 17.7 Å². The second-order valence-corrected chi connectivity index (χ2v) is 5.54. The van der Waals surface area contributed by atoms with Crippen LogP contribution in [0.15, 0.2) is 0 Å². The molecule has 0 spiro atoms. The van der Waals surface area contributed by atoms with Gasteiger partial charge in [0.25, 0.3) is 0 Å². The van der Waals surface area contributed by atoms with Gasteiger partial charge in [-0.05, 0) is 28.3 Å². The summed E-state index contributed by atoms with van der Waals surface area (Å²) in [7, 11) is 6.31. The van der Waals surface area contributed by atoms with E-state index in [-0.39, 0.29) is 0 Å². The second-order valence-electron chi connectivity index (χ2n) is 0.772. The van der Waals surface area contributed by atoms with Crippen LogP contribution in [0.3, 0.4) is 0 Å². The Bertz CT molecular complexity index is 73.7. The van der Waals surface area contributed by atoms with Crippen LogP contribution in [0.5, 0.6) is 0 Å². The number of hydrogen-bond donors (Lipinski definition) is 0. The minimum atomic E-state index is 0.587. The van der Waals surface area contributed by atoms with Gasteiger partial charge < -0.3 is 4.74 Å². The molecule has 0 unspecified atom stereocenters. The fraction of sp³-hybridized carbons (Fsp3) is 0.667. The topological polar surface area (TPSA) is 9.23 Å². The molecule has 0 aromatic heterocycles. The number of ether oxygens (including phenoxy) is 1. The van der Waals surface area contributed by atoms with Crippen molar-refractivity contribution in [2.45, 2.75) is 0 Å². The van der Waals surface area contributed by atoms with Crippen molar-refractivity contribution in [2.75, 3.05) is 13.4 Å². The zero-order valence-corrected chi connectivity index (χ0v) is 7.81. The minimum Gasteiger partial charge on any atom is -0.481 e. The van der Waals surface area contributed by atoms with E-state index >= 15 is 0 Å². The lowest BCUT2D eigenvalue weighted by Gasteiger charge is -1.95. The van der Waals surface area contributed by atoms with Gasteiger partial charge in [0.1, 0.15) is 0 Å². The van der Waals surface area contributed by atoms with Crippen molar-refractivity contribution in [3.05, 3.63) is 0 Å². The summed E-state index contributed by atoms with van der Waals surface area (Å²) in [4.78, 5) is 0. The summed E-state index contributed by atoms with van der Waals surface area (Å²) in [6.07, 6.45) is 2.00. The molecule has 0 saturated carbocycles. The number of rotatable bonds is 2. The monoisotopic (exact) mass is 186 g/mol. The Morgan fingerprint density at radius 3 is 2.62 bits per heavy atom. The van der Waals surface area contributed by atoms with E-state index in [1.807, 2.05) is 6.26 Å². The molecule has 0 heterocycles. The molecular formula is C3H6OS4. The lowest BCUT2D eigenvalue weighted by molar-refractivity contribution is 0.427. The minimum absolute atomic E-state index is 0.587. The summed E-state index contributed by atoms with van der Waals surface area (Å²) in [5.74, 6) is 0. The van der Waals surface area contributed by atoms with E-state index in [1.54, 1.807) is 27.7 Å². The number of thiocarbonyl (C=S) groups is 1. The van der Waals surface area contributed by atoms with Gasteiger partial charge in [-0.1, -0.05) is 10.8 Å². The average molecular weight is 186 g/mol. The highest BCUT2D eigenvalue weighted by atomic mass is 33.5. The first-order valence-electron chi connectivity index (χ1n) is 1.76. The highest BCUT2D eigenvalue weighted by Gasteiger charge is 1.92. The maximum absolute atomic E-state index is 4.73. The summed E-state index contributed by atoms with van der Waals surface area (Å²) in [6, 6.07) is 0. The quantitative estimate of drug-likeness (QED) is 0.483. The highest BCUT2D eigenvalue weighted by molar-refractivity contribution is 9.12. The Balaban J connectivity index is 2.99. The predicted octanol–water partition coefficient (Wildman–Crippen LogP) is 2.58. The van der Waals surface area contributed by atoms with E-state index < -0.39 is 0 Å². The molecule has 8 heavy (non-hydrogen) atoms. The molecule has 0 N–H and O–H groups in total. The first-order chi connectivity index (χ1) is 3.81. The van der Waals surface area contributed by atoms with Gasteiger partial charge in [-0.2, -0.15) is 0 Å². The Morgan fingerprint density at radius 2 is 2.25 bits per heavy atom. The predicted molar refractivity (Wildman–Crippen MR) is 48.3 cm³/mol. The van der Waals surface area contributed by atoms with E-state index in [1.165, 1.54) is 10.8 Å². The Morgan fingerprint density at radius 1 is 1.62 bits per heavy atom. The number of methoxy groups -OCH3 is 1. The average Bonchev–Trinajstić information content (AvgIpc) is 1.83. The molecule has 0 aliphatic heterocycles. The molecule has 48 valence electrons. The molecular weight excluding hydrogens is 180 g/mol. The molecule has 1 nitrogen and oxygen atoms in total. The van der Waals surface area contributed by atoms with Crippen molar-refractivity contribution < 1.29 is 4.74 Å². The summed E-state index contributed by atoms with van der Waals surface area (Å²) < 4.78 is 5.30. The second kappa shape index (κ2) is 6.07. The first-order valence-corrected chi connectivity index (χ1v) is 6.06. The van der Waals surface area contributed by atoms with Crippen LogP contribution in [-0.2, 0) is 4.74 Å². The molecule has 0 aliphatic rings. The fourth-order valence-electron chi connectivity index (χ4n) is 0.0958. The lowest BCUT2D eigenvalue weighted by atomic mass is 11.5. The van der Waals surface area contributed by atoms with Crippen molar-refractivity contribution in [2.24, 2.45) is 0 Å². The van der Waals surface area contributed by atoms with Crippen LogP contribution in [0.25, 0.3) is 0 Å². The van der Waals surface area contributed by atoms with Crippen molar-refractivity contribution in [1.29, 1.82) is 0 Å². The smallest absolute Gasteiger partial charge is 0.231 e. The van der Waals surface area contributed by atoms with Crippen LogP contribution in [0.4, 0.5) is 0 Å². The van der Waals surface area contributed by atoms with Gasteiger partial charge in [0.15, 0.2) is 0 Å². The van der Waals surface area contributed by atoms with Gasteiger partial charge in [-0.15, -0.1) is 0 Å². The summed E-state index contributed by atoms with van der Waals surface area (Å²) in [5.41, 5.74) is 0. The normalized spacial score (nSPS) is 8.75. The number of hydrogen-bond acceptors (Lipinski definition) is 5. The van der Waals surface area contributed by atoms with Crippen molar-refractivity contribution in [3.63, 3.8) is 0 Å². The van der Waals surface area contributed by atoms with Gasteiger partial charge in [0, 0.05) is 10.8 Å². The third-order valence-corrected chi connectivity index (χ3v) is 4.48. The molecule has 0 atom stereocenters. The fourth-order valence-corrected chi connectivity index (χ4v) is 2.72. The first kappa shape index (κ1) is 8.94.